The molecule has 0 saturated carbocycles. The molecule has 16 heavy (non-hydrogen) atoms. The molecule has 0 saturated heterocycles. The van der Waals surface area contributed by atoms with Crippen LogP contribution < -0.4 is 0 Å². The summed E-state index contributed by atoms with van der Waals surface area (Å²) in [7, 11) is 0. The van der Waals surface area contributed by atoms with Crippen LogP contribution in [0.2, 0.25) is 5.02 Å². The van der Waals surface area contributed by atoms with Gasteiger partial charge in [-0.3, -0.25) is 10.1 Å². The second kappa shape index (κ2) is 5.06. The van der Waals surface area contributed by atoms with Gasteiger partial charge >= 0.3 is 0 Å². The number of nitro groups is 1. The second-order valence-corrected chi connectivity index (χ2v) is 6.64. The molecule has 0 aliphatic rings. The van der Waals surface area contributed by atoms with Gasteiger partial charge < -0.3 is 0 Å². The van der Waals surface area contributed by atoms with Gasteiger partial charge in [0.15, 0.2) is 0 Å². The number of rotatable bonds is 3. The van der Waals surface area contributed by atoms with Crippen molar-refractivity contribution in [2.24, 2.45) is 0 Å². The van der Waals surface area contributed by atoms with E-state index < -0.39 is 4.92 Å². The van der Waals surface area contributed by atoms with E-state index in [1.165, 1.54) is 6.07 Å². The zero-order valence-electron chi connectivity index (χ0n) is 9.49. The van der Waals surface area contributed by atoms with Crippen LogP contribution in [0.15, 0.2) is 18.2 Å². The molecule has 1 aromatic rings. The molecule has 0 radical (unpaired) electrons. The van der Waals surface area contributed by atoms with E-state index in [0.29, 0.717) is 10.8 Å². The van der Waals surface area contributed by atoms with E-state index in [9.17, 15) is 10.1 Å². The quantitative estimate of drug-likeness (QED) is 0.601. The van der Waals surface area contributed by atoms with Gasteiger partial charge in [0.05, 0.1) is 4.92 Å². The lowest BCUT2D eigenvalue weighted by molar-refractivity contribution is -0.384. The SMILES string of the molecule is CC(C)(C)SCc1cc([N+](=O)[O-])ccc1Cl. The van der Waals surface area contributed by atoms with E-state index in [1.807, 2.05) is 0 Å². The number of non-ortho nitro benzene ring substituents is 1. The van der Waals surface area contributed by atoms with Crippen molar-refractivity contribution < 1.29 is 4.92 Å². The predicted octanol–water partition coefficient (Wildman–Crippen LogP) is 4.28. The average molecular weight is 260 g/mol. The lowest BCUT2D eigenvalue weighted by atomic mass is 10.2. The first-order valence-electron chi connectivity index (χ1n) is 4.86. The highest BCUT2D eigenvalue weighted by molar-refractivity contribution is 7.99. The maximum Gasteiger partial charge on any atom is 0.269 e. The highest BCUT2D eigenvalue weighted by Crippen LogP contribution is 2.31. The minimum atomic E-state index is -0.401. The summed E-state index contributed by atoms with van der Waals surface area (Å²) in [6.45, 7) is 6.30. The number of nitrogens with zero attached hydrogens (tertiary/aromatic N) is 1. The molecule has 0 N–H and O–H groups in total. The van der Waals surface area contributed by atoms with Gasteiger partial charge in [-0.05, 0) is 11.6 Å². The summed E-state index contributed by atoms with van der Waals surface area (Å²) in [6.07, 6.45) is 0. The summed E-state index contributed by atoms with van der Waals surface area (Å²) in [5.74, 6) is 0.685. The lowest BCUT2D eigenvalue weighted by Gasteiger charge is -2.17. The Balaban J connectivity index is 2.86. The maximum atomic E-state index is 10.6. The van der Waals surface area contributed by atoms with E-state index >= 15 is 0 Å². The Bertz CT molecular complexity index is 401. The molecule has 0 fully saturated rings. The molecule has 0 heterocycles. The van der Waals surface area contributed by atoms with Gasteiger partial charge in [0.1, 0.15) is 0 Å². The van der Waals surface area contributed by atoms with Crippen molar-refractivity contribution in [2.75, 3.05) is 0 Å². The van der Waals surface area contributed by atoms with Crippen LogP contribution in [0.3, 0.4) is 0 Å². The number of nitro benzene ring substituents is 1. The maximum absolute atomic E-state index is 10.6. The van der Waals surface area contributed by atoms with Gasteiger partial charge in [0.25, 0.3) is 5.69 Å². The first kappa shape index (κ1) is 13.3. The van der Waals surface area contributed by atoms with E-state index in [-0.39, 0.29) is 10.4 Å². The van der Waals surface area contributed by atoms with Gasteiger partial charge in [-0.1, -0.05) is 32.4 Å². The Kier molecular flexibility index (Phi) is 4.21. The number of halogens is 1. The molecule has 88 valence electrons. The molecule has 0 aliphatic carbocycles. The van der Waals surface area contributed by atoms with E-state index in [1.54, 1.807) is 23.9 Å². The summed E-state index contributed by atoms with van der Waals surface area (Å²) >= 11 is 7.71. The molecular weight excluding hydrogens is 246 g/mol. The molecule has 1 rings (SSSR count). The van der Waals surface area contributed by atoms with Crippen LogP contribution in [-0.4, -0.2) is 9.67 Å². The van der Waals surface area contributed by atoms with E-state index in [2.05, 4.69) is 20.8 Å². The largest absolute Gasteiger partial charge is 0.269 e. The van der Waals surface area contributed by atoms with Gasteiger partial charge in [-0.15, -0.1) is 0 Å². The Morgan fingerprint density at radius 3 is 2.56 bits per heavy atom. The summed E-state index contributed by atoms with van der Waals surface area (Å²) in [5, 5.41) is 11.2. The summed E-state index contributed by atoms with van der Waals surface area (Å²) in [5.41, 5.74) is 0.907. The fourth-order valence-electron chi connectivity index (χ4n) is 1.08. The first-order valence-corrected chi connectivity index (χ1v) is 6.23. The standard InChI is InChI=1S/C11H14ClNO2S/c1-11(2,3)16-7-8-6-9(13(14)15)4-5-10(8)12/h4-6H,7H2,1-3H3. The van der Waals surface area contributed by atoms with Crippen molar-refractivity contribution in [1.29, 1.82) is 0 Å². The molecule has 0 unspecified atom stereocenters. The Morgan fingerprint density at radius 2 is 2.06 bits per heavy atom. The number of hydrogen-bond acceptors (Lipinski definition) is 3. The molecule has 5 heteroatoms. The third-order valence-electron chi connectivity index (χ3n) is 1.90. The Labute approximate surface area is 104 Å². The van der Waals surface area contributed by atoms with Crippen molar-refractivity contribution in [3.05, 3.63) is 38.9 Å². The fourth-order valence-corrected chi connectivity index (χ4v) is 2.17. The molecule has 3 nitrogen and oxygen atoms in total. The lowest BCUT2D eigenvalue weighted by Crippen LogP contribution is -2.07. The van der Waals surface area contributed by atoms with Crippen LogP contribution >= 0.6 is 23.4 Å². The van der Waals surface area contributed by atoms with Crippen LogP contribution in [-0.2, 0) is 5.75 Å². The molecule has 0 spiro atoms. The Hall–Kier alpha value is -0.740. The summed E-state index contributed by atoms with van der Waals surface area (Å²) in [4.78, 5) is 10.2. The topological polar surface area (TPSA) is 43.1 Å². The van der Waals surface area contributed by atoms with Crippen LogP contribution in [0.1, 0.15) is 26.3 Å². The monoisotopic (exact) mass is 259 g/mol. The average Bonchev–Trinajstić information content (AvgIpc) is 2.14. The predicted molar refractivity (Wildman–Crippen MR) is 69.2 cm³/mol. The van der Waals surface area contributed by atoms with Crippen LogP contribution in [0, 0.1) is 10.1 Å². The molecule has 0 aromatic heterocycles. The highest BCUT2D eigenvalue weighted by Gasteiger charge is 2.14. The van der Waals surface area contributed by atoms with E-state index in [4.69, 9.17) is 11.6 Å². The van der Waals surface area contributed by atoms with Crippen molar-refractivity contribution in [3.63, 3.8) is 0 Å². The fraction of sp³-hybridized carbons (Fsp3) is 0.455. The third-order valence-corrected chi connectivity index (χ3v) is 3.59. The van der Waals surface area contributed by atoms with E-state index in [0.717, 1.165) is 5.56 Å². The molecule has 0 amide bonds. The van der Waals surface area contributed by atoms with Crippen molar-refractivity contribution >= 4 is 29.1 Å². The molecule has 0 aliphatic heterocycles. The summed E-state index contributed by atoms with van der Waals surface area (Å²) in [6, 6.07) is 4.55. The van der Waals surface area contributed by atoms with Gasteiger partial charge in [0.2, 0.25) is 0 Å². The highest BCUT2D eigenvalue weighted by atomic mass is 35.5. The zero-order valence-corrected chi connectivity index (χ0v) is 11.1. The van der Waals surface area contributed by atoms with Crippen molar-refractivity contribution in [1.82, 2.24) is 0 Å². The van der Waals surface area contributed by atoms with Gasteiger partial charge in [-0.2, -0.15) is 11.8 Å². The number of hydrogen-bond donors (Lipinski definition) is 0. The number of benzene rings is 1. The zero-order chi connectivity index (χ0) is 12.3. The third kappa shape index (κ3) is 4.02. The smallest absolute Gasteiger partial charge is 0.258 e. The van der Waals surface area contributed by atoms with Crippen LogP contribution in [0.25, 0.3) is 0 Å². The minimum Gasteiger partial charge on any atom is -0.258 e. The Morgan fingerprint density at radius 1 is 1.44 bits per heavy atom. The molecule has 0 atom stereocenters. The van der Waals surface area contributed by atoms with Crippen LogP contribution in [0.5, 0.6) is 0 Å². The minimum absolute atomic E-state index is 0.0916. The van der Waals surface area contributed by atoms with Gasteiger partial charge in [-0.25, -0.2) is 0 Å². The molecular formula is C11H14ClNO2S. The molecule has 1 aromatic carbocycles. The van der Waals surface area contributed by atoms with Gasteiger partial charge in [0, 0.05) is 27.7 Å². The van der Waals surface area contributed by atoms with Crippen molar-refractivity contribution in [2.45, 2.75) is 31.3 Å². The van der Waals surface area contributed by atoms with Crippen molar-refractivity contribution in [3.8, 4) is 0 Å². The summed E-state index contributed by atoms with van der Waals surface area (Å²) < 4.78 is 0.119. The molecule has 0 bridgehead atoms. The first-order chi connectivity index (χ1) is 7.29. The van der Waals surface area contributed by atoms with Crippen LogP contribution in [0.4, 0.5) is 5.69 Å². The number of thioether (sulfide) groups is 1. The second-order valence-electron chi connectivity index (χ2n) is 4.43. The normalized spacial score (nSPS) is 11.5.